The number of hydrogen-bond acceptors (Lipinski definition) is 3. The molecule has 20 heavy (non-hydrogen) atoms. The summed E-state index contributed by atoms with van der Waals surface area (Å²) in [7, 11) is 0. The lowest BCUT2D eigenvalue weighted by molar-refractivity contribution is 0.0856. The standard InChI is InChI=1S/C15H14N2O3/c16-15(20)17-8-7-9-5-6-12(18)14(19)13(9)10-3-1-2-4-11(10)17/h1-8,12,14,18-19H,(H2,16,20)/t12-,14+/m0/s1. The van der Waals surface area contributed by atoms with Crippen molar-refractivity contribution < 1.29 is 15.0 Å². The first-order valence-electron chi connectivity index (χ1n) is 6.24. The Kier molecular flexibility index (Phi) is 2.93. The maximum Gasteiger partial charge on any atom is 0.323 e. The molecular weight excluding hydrogens is 256 g/mol. The zero-order chi connectivity index (χ0) is 14.3. The van der Waals surface area contributed by atoms with Gasteiger partial charge in [0.1, 0.15) is 12.2 Å². The molecule has 102 valence electrons. The fourth-order valence-electron chi connectivity index (χ4n) is 2.54. The van der Waals surface area contributed by atoms with Crippen LogP contribution >= 0.6 is 0 Å². The molecule has 5 nitrogen and oxygen atoms in total. The molecular formula is C15H14N2O3. The predicted molar refractivity (Wildman–Crippen MR) is 75.7 cm³/mol. The zero-order valence-corrected chi connectivity index (χ0v) is 10.6. The first-order valence-corrected chi connectivity index (χ1v) is 6.24. The summed E-state index contributed by atoms with van der Waals surface area (Å²) >= 11 is 0. The highest BCUT2D eigenvalue weighted by Gasteiger charge is 2.30. The van der Waals surface area contributed by atoms with Gasteiger partial charge < -0.3 is 15.9 Å². The molecule has 2 amide bonds. The second-order valence-corrected chi connectivity index (χ2v) is 4.70. The number of aliphatic hydroxyl groups is 2. The number of carbonyl (C=O) groups is 1. The van der Waals surface area contributed by atoms with Crippen LogP contribution in [0.4, 0.5) is 10.5 Å². The summed E-state index contributed by atoms with van der Waals surface area (Å²) in [5.74, 6) is 0. The quantitative estimate of drug-likeness (QED) is 0.660. The van der Waals surface area contributed by atoms with Crippen LogP contribution in [0.25, 0.3) is 5.57 Å². The molecule has 5 heteroatoms. The highest BCUT2D eigenvalue weighted by Crippen LogP contribution is 2.37. The van der Waals surface area contributed by atoms with Crippen LogP contribution in [0.3, 0.4) is 0 Å². The van der Waals surface area contributed by atoms with Crippen molar-refractivity contribution in [3.05, 3.63) is 59.8 Å². The van der Waals surface area contributed by atoms with Gasteiger partial charge in [-0.1, -0.05) is 30.4 Å². The molecule has 1 aliphatic heterocycles. The van der Waals surface area contributed by atoms with E-state index < -0.39 is 18.2 Å². The largest absolute Gasteiger partial charge is 0.386 e. The second kappa shape index (κ2) is 4.63. The molecule has 0 radical (unpaired) electrons. The third-order valence-electron chi connectivity index (χ3n) is 3.50. The molecule has 0 aromatic heterocycles. The molecule has 1 aromatic carbocycles. The monoisotopic (exact) mass is 270 g/mol. The lowest BCUT2D eigenvalue weighted by atomic mass is 9.87. The number of benzene rings is 1. The summed E-state index contributed by atoms with van der Waals surface area (Å²) in [4.78, 5) is 12.9. The van der Waals surface area contributed by atoms with Gasteiger partial charge in [-0.2, -0.15) is 0 Å². The maximum atomic E-state index is 11.6. The minimum atomic E-state index is -1.03. The minimum Gasteiger partial charge on any atom is -0.386 e. The predicted octanol–water partition coefficient (Wildman–Crippen LogP) is 1.14. The Morgan fingerprint density at radius 1 is 1.20 bits per heavy atom. The van der Waals surface area contributed by atoms with Crippen molar-refractivity contribution in [3.63, 3.8) is 0 Å². The summed E-state index contributed by atoms with van der Waals surface area (Å²) in [6.45, 7) is 0. The fourth-order valence-corrected chi connectivity index (χ4v) is 2.54. The number of anilines is 1. The molecule has 0 saturated carbocycles. The average Bonchev–Trinajstić information content (AvgIpc) is 2.60. The minimum absolute atomic E-state index is 0.586. The van der Waals surface area contributed by atoms with Crippen molar-refractivity contribution in [2.45, 2.75) is 12.2 Å². The molecule has 1 heterocycles. The molecule has 3 rings (SSSR count). The molecule has 0 bridgehead atoms. The van der Waals surface area contributed by atoms with Crippen molar-refractivity contribution in [3.8, 4) is 0 Å². The van der Waals surface area contributed by atoms with Crippen LogP contribution in [0.5, 0.6) is 0 Å². The van der Waals surface area contributed by atoms with E-state index in [1.165, 1.54) is 11.0 Å². The van der Waals surface area contributed by atoms with Crippen LogP contribution in [0, 0.1) is 0 Å². The van der Waals surface area contributed by atoms with E-state index in [0.717, 1.165) is 5.57 Å². The number of fused-ring (bicyclic) bond motifs is 2. The number of aliphatic hydroxyl groups excluding tert-OH is 2. The van der Waals surface area contributed by atoms with Crippen LogP contribution in [0.2, 0.25) is 0 Å². The number of allylic oxidation sites excluding steroid dienone is 3. The summed E-state index contributed by atoms with van der Waals surface area (Å²) in [5, 5.41) is 20.1. The molecule has 2 aliphatic rings. The smallest absolute Gasteiger partial charge is 0.323 e. The number of primary amides is 1. The third kappa shape index (κ3) is 1.84. The molecule has 2 atom stereocenters. The number of nitrogens with zero attached hydrogens (tertiary/aromatic N) is 1. The van der Waals surface area contributed by atoms with Gasteiger partial charge in [0.15, 0.2) is 0 Å². The summed E-state index contributed by atoms with van der Waals surface area (Å²) < 4.78 is 0. The van der Waals surface area contributed by atoms with E-state index in [2.05, 4.69) is 0 Å². The Labute approximate surface area is 115 Å². The number of amides is 2. The van der Waals surface area contributed by atoms with Gasteiger partial charge in [0, 0.05) is 17.3 Å². The Bertz CT molecular complexity index is 661. The Hall–Kier alpha value is -2.37. The van der Waals surface area contributed by atoms with Crippen LogP contribution in [0.15, 0.2) is 54.3 Å². The molecule has 0 fully saturated rings. The lowest BCUT2D eigenvalue weighted by Gasteiger charge is -2.25. The van der Waals surface area contributed by atoms with Gasteiger partial charge in [-0.15, -0.1) is 0 Å². The SMILES string of the molecule is NC(=O)N1C=CC2=C(c3ccccc31)[C@H](O)[C@@H](O)C=C2. The molecule has 0 spiro atoms. The molecule has 0 saturated heterocycles. The number of hydrogen-bond donors (Lipinski definition) is 3. The Morgan fingerprint density at radius 3 is 2.70 bits per heavy atom. The van der Waals surface area contributed by atoms with Crippen LogP contribution in [0.1, 0.15) is 5.56 Å². The lowest BCUT2D eigenvalue weighted by Crippen LogP contribution is -2.32. The number of nitrogens with two attached hydrogens (primary N) is 1. The summed E-state index contributed by atoms with van der Waals surface area (Å²) in [5.41, 5.74) is 8.00. The number of urea groups is 1. The highest BCUT2D eigenvalue weighted by atomic mass is 16.3. The van der Waals surface area contributed by atoms with Gasteiger partial charge in [-0.25, -0.2) is 4.79 Å². The third-order valence-corrected chi connectivity index (χ3v) is 3.50. The van der Waals surface area contributed by atoms with E-state index >= 15 is 0 Å². The van der Waals surface area contributed by atoms with E-state index in [4.69, 9.17) is 5.73 Å². The Morgan fingerprint density at radius 2 is 1.95 bits per heavy atom. The summed E-state index contributed by atoms with van der Waals surface area (Å²) in [6.07, 6.45) is 4.52. The normalized spacial score (nSPS) is 24.2. The van der Waals surface area contributed by atoms with E-state index in [9.17, 15) is 15.0 Å². The van der Waals surface area contributed by atoms with E-state index in [0.29, 0.717) is 16.8 Å². The molecule has 4 N–H and O–H groups in total. The van der Waals surface area contributed by atoms with Crippen molar-refractivity contribution in [1.29, 1.82) is 0 Å². The van der Waals surface area contributed by atoms with Gasteiger partial charge in [-0.05, 0) is 17.7 Å². The average molecular weight is 270 g/mol. The van der Waals surface area contributed by atoms with E-state index in [1.54, 1.807) is 36.6 Å². The first kappa shape index (κ1) is 12.7. The zero-order valence-electron chi connectivity index (χ0n) is 10.6. The molecule has 1 aromatic rings. The summed E-state index contributed by atoms with van der Waals surface area (Å²) in [6, 6.07) is 6.54. The van der Waals surface area contributed by atoms with Gasteiger partial charge in [0.25, 0.3) is 0 Å². The van der Waals surface area contributed by atoms with Crippen LogP contribution < -0.4 is 10.6 Å². The van der Waals surface area contributed by atoms with E-state index in [-0.39, 0.29) is 0 Å². The number of para-hydroxylation sites is 1. The van der Waals surface area contributed by atoms with Crippen molar-refractivity contribution in [2.24, 2.45) is 5.73 Å². The van der Waals surface area contributed by atoms with Gasteiger partial charge in [-0.3, -0.25) is 4.90 Å². The van der Waals surface area contributed by atoms with Crippen molar-refractivity contribution in [2.75, 3.05) is 4.90 Å². The van der Waals surface area contributed by atoms with Crippen LogP contribution in [-0.4, -0.2) is 28.5 Å². The van der Waals surface area contributed by atoms with Crippen LogP contribution in [-0.2, 0) is 0 Å². The first-order chi connectivity index (χ1) is 9.59. The van der Waals surface area contributed by atoms with Gasteiger partial charge >= 0.3 is 6.03 Å². The number of rotatable bonds is 0. The van der Waals surface area contributed by atoms with E-state index in [1.807, 2.05) is 6.07 Å². The number of carbonyl (C=O) groups excluding carboxylic acids is 1. The highest BCUT2D eigenvalue weighted by molar-refractivity contribution is 5.99. The molecule has 1 aliphatic carbocycles. The molecule has 0 unspecified atom stereocenters. The topological polar surface area (TPSA) is 86.8 Å². The maximum absolute atomic E-state index is 11.6. The van der Waals surface area contributed by atoms with Crippen molar-refractivity contribution >= 4 is 17.3 Å². The van der Waals surface area contributed by atoms with Gasteiger partial charge in [0.05, 0.1) is 5.69 Å². The Balaban J connectivity index is 2.25. The van der Waals surface area contributed by atoms with Crippen molar-refractivity contribution in [1.82, 2.24) is 0 Å². The second-order valence-electron chi connectivity index (χ2n) is 4.70. The van der Waals surface area contributed by atoms with Gasteiger partial charge in [0.2, 0.25) is 0 Å². The fraction of sp³-hybridized carbons (Fsp3) is 0.133.